The van der Waals surface area contributed by atoms with Crippen LogP contribution in [0.3, 0.4) is 0 Å². The topological polar surface area (TPSA) is 0 Å². The smallest absolute Gasteiger partial charge is 0.0283 e. The lowest BCUT2D eigenvalue weighted by Gasteiger charge is -2.39. The summed E-state index contributed by atoms with van der Waals surface area (Å²) in [6, 6.07) is 9.64. The summed E-state index contributed by atoms with van der Waals surface area (Å²) < 4.78 is 0. The molecule has 0 fully saturated rings. The summed E-state index contributed by atoms with van der Waals surface area (Å²) in [4.78, 5) is 0. The second-order valence-electron chi connectivity index (χ2n) is 10.2. The van der Waals surface area contributed by atoms with Crippen molar-refractivity contribution in [1.29, 1.82) is 0 Å². The third-order valence-electron chi connectivity index (χ3n) is 7.49. The van der Waals surface area contributed by atoms with Crippen molar-refractivity contribution in [2.45, 2.75) is 76.5 Å². The molecule has 0 N–H and O–H groups in total. The molecule has 0 radical (unpaired) electrons. The van der Waals surface area contributed by atoms with E-state index in [0.717, 1.165) is 28.4 Å². The molecule has 2 heteroatoms. The second kappa shape index (κ2) is 9.90. The number of hydrogen-bond acceptors (Lipinski definition) is 0. The minimum Gasteiger partial charge on any atom is -0.0925 e. The van der Waals surface area contributed by atoms with E-state index in [9.17, 15) is 0 Å². The second-order valence-corrected chi connectivity index (χ2v) is 11.4. The number of hydrogen-bond donors (Lipinski definition) is 0. The van der Waals surface area contributed by atoms with Gasteiger partial charge in [-0.05, 0) is 69.5 Å². The van der Waals surface area contributed by atoms with Crippen LogP contribution in [0.5, 0.6) is 0 Å². The monoisotopic (exact) mass is 530 g/mol. The van der Waals surface area contributed by atoms with E-state index in [-0.39, 0.29) is 0 Å². The van der Waals surface area contributed by atoms with Gasteiger partial charge in [0, 0.05) is 16.6 Å². The van der Waals surface area contributed by atoms with Crippen LogP contribution in [0.1, 0.15) is 93.4 Å². The van der Waals surface area contributed by atoms with Gasteiger partial charge in [0.15, 0.2) is 0 Å². The van der Waals surface area contributed by atoms with E-state index in [1.807, 2.05) is 0 Å². The molecule has 2 aromatic carbocycles. The fraction of sp³-hybridized carbons (Fsp3) is 0.571. The molecule has 0 saturated carbocycles. The van der Waals surface area contributed by atoms with Gasteiger partial charge in [0.25, 0.3) is 0 Å². The van der Waals surface area contributed by atoms with E-state index in [0.29, 0.717) is 11.8 Å². The standard InChI is InChI=1S/C28H36Br2/c1-18(2)5-4-6-19(3)7-11-25-24(17-30)15-23-9-8-21-13-20(16-29)14-22-10-12-26(25)28(23)27(21)22/h8-10,12-14,18-19,23-25H,4-7,11,15-17H2,1-3H3. The largest absolute Gasteiger partial charge is 0.0925 e. The van der Waals surface area contributed by atoms with E-state index in [2.05, 4.69) is 89.0 Å². The van der Waals surface area contributed by atoms with Crippen molar-refractivity contribution in [3.05, 3.63) is 52.6 Å². The molecule has 0 amide bonds. The fourth-order valence-electron chi connectivity index (χ4n) is 5.84. The summed E-state index contributed by atoms with van der Waals surface area (Å²) in [6.45, 7) is 7.17. The Morgan fingerprint density at radius 3 is 2.60 bits per heavy atom. The van der Waals surface area contributed by atoms with Crippen LogP contribution in [0.2, 0.25) is 0 Å². The van der Waals surface area contributed by atoms with Crippen LogP contribution in [0.15, 0.2) is 30.3 Å². The van der Waals surface area contributed by atoms with Crippen molar-refractivity contribution < 1.29 is 0 Å². The Morgan fingerprint density at radius 1 is 1.03 bits per heavy atom. The van der Waals surface area contributed by atoms with Crippen molar-refractivity contribution in [2.24, 2.45) is 17.8 Å². The maximum absolute atomic E-state index is 3.88. The molecule has 162 valence electrons. The maximum Gasteiger partial charge on any atom is 0.0283 e. The highest BCUT2D eigenvalue weighted by Gasteiger charge is 2.36. The summed E-state index contributed by atoms with van der Waals surface area (Å²) in [7, 11) is 0. The molecule has 0 bridgehead atoms. The average molecular weight is 532 g/mol. The third-order valence-corrected chi connectivity index (χ3v) is 8.97. The van der Waals surface area contributed by atoms with Gasteiger partial charge >= 0.3 is 0 Å². The highest BCUT2D eigenvalue weighted by molar-refractivity contribution is 9.09. The highest BCUT2D eigenvalue weighted by Crippen LogP contribution is 2.51. The van der Waals surface area contributed by atoms with Gasteiger partial charge in [0.05, 0.1) is 0 Å². The van der Waals surface area contributed by atoms with Crippen LogP contribution in [0, 0.1) is 17.8 Å². The van der Waals surface area contributed by atoms with E-state index in [4.69, 9.17) is 0 Å². The van der Waals surface area contributed by atoms with Crippen molar-refractivity contribution in [3.63, 3.8) is 0 Å². The molecule has 2 aromatic rings. The molecular formula is C28H36Br2. The first-order valence-electron chi connectivity index (χ1n) is 11.9. The molecule has 4 unspecified atom stereocenters. The minimum atomic E-state index is 0.591. The van der Waals surface area contributed by atoms with Gasteiger partial charge in [0.2, 0.25) is 0 Å². The molecular weight excluding hydrogens is 496 g/mol. The normalized spacial score (nSPS) is 23.3. The Balaban J connectivity index is 1.61. The lowest BCUT2D eigenvalue weighted by atomic mass is 9.66. The van der Waals surface area contributed by atoms with Gasteiger partial charge in [0.1, 0.15) is 0 Å². The van der Waals surface area contributed by atoms with Gasteiger partial charge in [-0.1, -0.05) is 115 Å². The summed E-state index contributed by atoms with van der Waals surface area (Å²) in [5.74, 6) is 3.71. The summed E-state index contributed by atoms with van der Waals surface area (Å²) >= 11 is 7.53. The zero-order chi connectivity index (χ0) is 21.3. The zero-order valence-corrected chi connectivity index (χ0v) is 21.9. The quantitative estimate of drug-likeness (QED) is 0.282. The van der Waals surface area contributed by atoms with Crippen LogP contribution in [0.4, 0.5) is 0 Å². The number of halogens is 2. The molecule has 30 heavy (non-hydrogen) atoms. The highest BCUT2D eigenvalue weighted by atomic mass is 79.9. The predicted molar refractivity (Wildman–Crippen MR) is 140 cm³/mol. The lowest BCUT2D eigenvalue weighted by molar-refractivity contribution is 0.337. The molecule has 0 heterocycles. The minimum absolute atomic E-state index is 0.591. The Kier molecular flexibility index (Phi) is 7.46. The average Bonchev–Trinajstić information content (AvgIpc) is 2.75. The van der Waals surface area contributed by atoms with E-state index >= 15 is 0 Å². The molecule has 4 rings (SSSR count). The van der Waals surface area contributed by atoms with Crippen molar-refractivity contribution in [1.82, 2.24) is 0 Å². The summed E-state index contributed by atoms with van der Waals surface area (Å²) in [5.41, 5.74) is 6.10. The van der Waals surface area contributed by atoms with E-state index in [1.54, 1.807) is 11.1 Å². The Bertz CT molecular complexity index is 910. The molecule has 2 aliphatic rings. The number of allylic oxidation sites excluding steroid dienone is 1. The van der Waals surface area contributed by atoms with Crippen LogP contribution in [-0.4, -0.2) is 5.33 Å². The fourth-order valence-corrected chi connectivity index (χ4v) is 6.88. The van der Waals surface area contributed by atoms with Gasteiger partial charge in [-0.25, -0.2) is 0 Å². The number of rotatable bonds is 9. The van der Waals surface area contributed by atoms with Crippen LogP contribution in [-0.2, 0) is 5.33 Å². The van der Waals surface area contributed by atoms with Gasteiger partial charge < -0.3 is 0 Å². The molecule has 0 saturated heterocycles. The van der Waals surface area contributed by atoms with Gasteiger partial charge in [-0.3, -0.25) is 0 Å². The molecule has 0 nitrogen and oxygen atoms in total. The lowest BCUT2D eigenvalue weighted by Crippen LogP contribution is -2.26. The van der Waals surface area contributed by atoms with Crippen LogP contribution >= 0.6 is 31.9 Å². The van der Waals surface area contributed by atoms with Crippen LogP contribution < -0.4 is 0 Å². The van der Waals surface area contributed by atoms with E-state index in [1.165, 1.54) is 60.4 Å². The first-order chi connectivity index (χ1) is 14.5. The molecule has 0 aliphatic heterocycles. The zero-order valence-electron chi connectivity index (χ0n) is 18.8. The first-order valence-corrected chi connectivity index (χ1v) is 14.2. The summed E-state index contributed by atoms with van der Waals surface area (Å²) in [6.07, 6.45) is 13.0. The number of alkyl halides is 2. The van der Waals surface area contributed by atoms with Crippen LogP contribution in [0.25, 0.3) is 16.8 Å². The first kappa shape index (κ1) is 22.6. The Morgan fingerprint density at radius 2 is 1.87 bits per heavy atom. The van der Waals surface area contributed by atoms with Crippen molar-refractivity contribution in [3.8, 4) is 0 Å². The predicted octanol–water partition coefficient (Wildman–Crippen LogP) is 9.59. The third kappa shape index (κ3) is 4.60. The Labute approximate surface area is 200 Å². The molecule has 2 aliphatic carbocycles. The SMILES string of the molecule is CC(C)CCCC(C)CCC1c2ccc3cc(CBr)cc4c3c2C(C=C4)CC1CBr. The molecule has 0 aromatic heterocycles. The van der Waals surface area contributed by atoms with Gasteiger partial charge in [-0.2, -0.15) is 0 Å². The molecule has 4 atom stereocenters. The number of benzene rings is 2. The van der Waals surface area contributed by atoms with Crippen molar-refractivity contribution >= 4 is 48.7 Å². The maximum atomic E-state index is 3.88. The van der Waals surface area contributed by atoms with Crippen molar-refractivity contribution in [2.75, 3.05) is 5.33 Å². The Hall–Kier alpha value is -0.600. The summed E-state index contributed by atoms with van der Waals surface area (Å²) in [5, 5.41) is 5.00. The van der Waals surface area contributed by atoms with Gasteiger partial charge in [-0.15, -0.1) is 0 Å². The van der Waals surface area contributed by atoms with E-state index < -0.39 is 0 Å². The molecule has 0 spiro atoms.